The number of nitrogens with one attached hydrogen (secondary N) is 1. The molecule has 2 aromatic rings. The second-order valence-corrected chi connectivity index (χ2v) is 10.2. The molecule has 1 aliphatic heterocycles. The zero-order valence-electron chi connectivity index (χ0n) is 17.3. The molecule has 30 heavy (non-hydrogen) atoms. The molecule has 2 heterocycles. The third kappa shape index (κ3) is 2.94. The van der Waals surface area contributed by atoms with Crippen LogP contribution in [0.4, 0.5) is 17.1 Å². The van der Waals surface area contributed by atoms with Gasteiger partial charge in [0, 0.05) is 18.6 Å². The van der Waals surface area contributed by atoms with E-state index in [1.165, 1.54) is 51.4 Å². The molecule has 1 aromatic heterocycles. The first-order chi connectivity index (χ1) is 14.6. The Morgan fingerprint density at radius 2 is 1.60 bits per heavy atom. The lowest BCUT2D eigenvalue weighted by Crippen LogP contribution is -2.54. The summed E-state index contributed by atoms with van der Waals surface area (Å²) in [5, 5.41) is 24.0. The van der Waals surface area contributed by atoms with Crippen molar-refractivity contribution >= 4 is 28.1 Å². The summed E-state index contributed by atoms with van der Waals surface area (Å²) >= 11 is 0. The van der Waals surface area contributed by atoms with Crippen molar-refractivity contribution in [2.75, 3.05) is 23.3 Å². The highest BCUT2D eigenvalue weighted by Gasteiger charge is 2.51. The van der Waals surface area contributed by atoms with E-state index in [-0.39, 0.29) is 21.7 Å². The van der Waals surface area contributed by atoms with E-state index in [1.807, 2.05) is 6.07 Å². The maximum Gasteiger partial charge on any atom is 0.323 e. The van der Waals surface area contributed by atoms with Gasteiger partial charge in [0.25, 0.3) is 0 Å². The summed E-state index contributed by atoms with van der Waals surface area (Å²) in [4.78, 5) is 13.9. The fourth-order valence-electron chi connectivity index (χ4n) is 7.29. The van der Waals surface area contributed by atoms with Gasteiger partial charge in [0.1, 0.15) is 5.69 Å². The summed E-state index contributed by atoms with van der Waals surface area (Å²) in [6, 6.07) is 1.97. The lowest BCUT2D eigenvalue weighted by molar-refractivity contribution is -0.382. The summed E-state index contributed by atoms with van der Waals surface area (Å²) in [6.07, 6.45) is 12.2. The standard InChI is InChI=1S/C22H29N5O3/c28-27(29)21-18(26-5-3-1-2-4-6-26)10-17(19-20(21)25-30-24-19)23-22-11-14-7-15(12-22)9-16(8-14)13-22/h10,14-16,23H,1-9,11-13H2. The second kappa shape index (κ2) is 6.82. The number of nitro benzene ring substituents is 1. The van der Waals surface area contributed by atoms with Gasteiger partial charge in [0.2, 0.25) is 5.52 Å². The number of benzene rings is 1. The zero-order valence-corrected chi connectivity index (χ0v) is 17.3. The lowest BCUT2D eigenvalue weighted by atomic mass is 9.53. The highest BCUT2D eigenvalue weighted by Crippen LogP contribution is 2.57. The average molecular weight is 412 g/mol. The summed E-state index contributed by atoms with van der Waals surface area (Å²) in [7, 11) is 0. The van der Waals surface area contributed by atoms with Crippen molar-refractivity contribution in [3.63, 3.8) is 0 Å². The summed E-state index contributed by atoms with van der Waals surface area (Å²) in [6.45, 7) is 1.68. The van der Waals surface area contributed by atoms with E-state index in [9.17, 15) is 10.1 Å². The van der Waals surface area contributed by atoms with Gasteiger partial charge in [0.15, 0.2) is 5.52 Å². The van der Waals surface area contributed by atoms with Crippen molar-refractivity contribution < 1.29 is 9.55 Å². The molecule has 8 heteroatoms. The maximum atomic E-state index is 12.0. The Bertz CT molecular complexity index is 943. The Morgan fingerprint density at radius 1 is 1.00 bits per heavy atom. The average Bonchev–Trinajstić information content (AvgIpc) is 3.01. The number of rotatable bonds is 4. The van der Waals surface area contributed by atoms with Gasteiger partial charge in [-0.1, -0.05) is 12.8 Å². The molecule has 4 aliphatic carbocycles. The highest BCUT2D eigenvalue weighted by atomic mass is 16.6. The minimum atomic E-state index is -0.318. The highest BCUT2D eigenvalue weighted by molar-refractivity contribution is 6.00. The molecule has 1 N–H and O–H groups in total. The molecule has 1 saturated heterocycles. The molecule has 8 nitrogen and oxygen atoms in total. The van der Waals surface area contributed by atoms with Crippen LogP contribution >= 0.6 is 0 Å². The van der Waals surface area contributed by atoms with Gasteiger partial charge in [-0.05, 0) is 85.5 Å². The molecule has 4 bridgehead atoms. The minimum absolute atomic E-state index is 0.0317. The van der Waals surface area contributed by atoms with Crippen LogP contribution < -0.4 is 10.2 Å². The molecule has 5 aliphatic rings. The van der Waals surface area contributed by atoms with Gasteiger partial charge in [0.05, 0.1) is 10.6 Å². The molecule has 160 valence electrons. The van der Waals surface area contributed by atoms with Crippen LogP contribution in [0.3, 0.4) is 0 Å². The summed E-state index contributed by atoms with van der Waals surface area (Å²) in [5.41, 5.74) is 2.41. The molecule has 5 fully saturated rings. The van der Waals surface area contributed by atoms with E-state index in [0.717, 1.165) is 49.4 Å². The minimum Gasteiger partial charge on any atom is -0.378 e. The van der Waals surface area contributed by atoms with Crippen LogP contribution in [0.1, 0.15) is 64.2 Å². The Hall–Kier alpha value is -2.38. The first kappa shape index (κ1) is 18.4. The largest absolute Gasteiger partial charge is 0.378 e. The maximum absolute atomic E-state index is 12.0. The van der Waals surface area contributed by atoms with Crippen molar-refractivity contribution in [3.05, 3.63) is 16.2 Å². The molecule has 7 rings (SSSR count). The van der Waals surface area contributed by atoms with Crippen LogP contribution in [0, 0.1) is 27.9 Å². The van der Waals surface area contributed by atoms with Crippen LogP contribution in [-0.2, 0) is 0 Å². The van der Waals surface area contributed by atoms with E-state index in [1.54, 1.807) is 0 Å². The predicted molar refractivity (Wildman–Crippen MR) is 114 cm³/mol. The van der Waals surface area contributed by atoms with Gasteiger partial charge in [-0.2, -0.15) is 0 Å². The van der Waals surface area contributed by atoms with Crippen LogP contribution in [-0.4, -0.2) is 33.9 Å². The monoisotopic (exact) mass is 411 g/mol. The second-order valence-electron chi connectivity index (χ2n) is 10.2. The van der Waals surface area contributed by atoms with Crippen molar-refractivity contribution in [1.29, 1.82) is 0 Å². The molecule has 0 amide bonds. The third-order valence-electron chi connectivity index (χ3n) is 8.06. The molecule has 0 radical (unpaired) electrons. The predicted octanol–water partition coefficient (Wildman–Crippen LogP) is 4.89. The Kier molecular flexibility index (Phi) is 4.18. The van der Waals surface area contributed by atoms with Crippen LogP contribution in [0.2, 0.25) is 0 Å². The first-order valence-electron chi connectivity index (χ1n) is 11.6. The summed E-state index contributed by atoms with van der Waals surface area (Å²) < 4.78 is 5.02. The molecule has 4 saturated carbocycles. The quantitative estimate of drug-likeness (QED) is 0.565. The van der Waals surface area contributed by atoms with Gasteiger partial charge in [-0.15, -0.1) is 0 Å². The normalized spacial score (nSPS) is 33.1. The first-order valence-corrected chi connectivity index (χ1v) is 11.6. The smallest absolute Gasteiger partial charge is 0.323 e. The third-order valence-corrected chi connectivity index (χ3v) is 8.06. The SMILES string of the molecule is O=[N+]([O-])c1c(N2CCCCCC2)cc(NC23CC4CC(CC(C4)C2)C3)c2nonc12. The van der Waals surface area contributed by atoms with Crippen LogP contribution in [0.5, 0.6) is 0 Å². The van der Waals surface area contributed by atoms with Gasteiger partial charge in [-0.25, -0.2) is 4.63 Å². The van der Waals surface area contributed by atoms with E-state index in [2.05, 4.69) is 20.5 Å². The molecule has 0 spiro atoms. The van der Waals surface area contributed by atoms with Crippen molar-refractivity contribution in [3.8, 4) is 0 Å². The Balaban J connectivity index is 1.44. The van der Waals surface area contributed by atoms with Gasteiger partial charge in [-0.3, -0.25) is 10.1 Å². The van der Waals surface area contributed by atoms with E-state index < -0.39 is 0 Å². The fourth-order valence-corrected chi connectivity index (χ4v) is 7.29. The summed E-state index contributed by atoms with van der Waals surface area (Å²) in [5.74, 6) is 2.45. The van der Waals surface area contributed by atoms with Crippen LogP contribution in [0.25, 0.3) is 11.0 Å². The number of aromatic nitrogens is 2. The fraction of sp³-hybridized carbons (Fsp3) is 0.727. The number of nitro groups is 1. The number of fused-ring (bicyclic) bond motifs is 1. The molecule has 0 atom stereocenters. The molecular formula is C22H29N5O3. The van der Waals surface area contributed by atoms with Crippen molar-refractivity contribution in [2.24, 2.45) is 17.8 Å². The number of hydrogen-bond donors (Lipinski definition) is 1. The topological polar surface area (TPSA) is 97.3 Å². The Morgan fingerprint density at radius 3 is 2.20 bits per heavy atom. The molecule has 1 aromatic carbocycles. The Labute approximate surface area is 175 Å². The molecule has 0 unspecified atom stereocenters. The van der Waals surface area contributed by atoms with Gasteiger partial charge >= 0.3 is 5.69 Å². The number of anilines is 2. The van der Waals surface area contributed by atoms with Crippen molar-refractivity contribution in [1.82, 2.24) is 10.3 Å². The van der Waals surface area contributed by atoms with Gasteiger partial charge < -0.3 is 10.2 Å². The number of nitrogens with zero attached hydrogens (tertiary/aromatic N) is 4. The zero-order chi connectivity index (χ0) is 20.3. The van der Waals surface area contributed by atoms with Crippen LogP contribution in [0.15, 0.2) is 10.7 Å². The van der Waals surface area contributed by atoms with E-state index in [4.69, 9.17) is 4.63 Å². The van der Waals surface area contributed by atoms with E-state index >= 15 is 0 Å². The number of hydrogen-bond acceptors (Lipinski definition) is 7. The molecular weight excluding hydrogens is 382 g/mol. The van der Waals surface area contributed by atoms with Crippen molar-refractivity contribution in [2.45, 2.75) is 69.7 Å². The van der Waals surface area contributed by atoms with E-state index in [0.29, 0.717) is 11.2 Å². The lowest BCUT2D eigenvalue weighted by Gasteiger charge is -2.57.